The van der Waals surface area contributed by atoms with Crippen molar-refractivity contribution < 1.29 is 9.59 Å². The number of aldehydes is 1. The number of benzene rings is 1. The second kappa shape index (κ2) is 2.96. The van der Waals surface area contributed by atoms with Crippen molar-refractivity contribution >= 4 is 17.8 Å². The van der Waals surface area contributed by atoms with E-state index in [-0.39, 0.29) is 6.29 Å². The number of nitrogens with two attached hydrogens (primary N) is 1. The van der Waals surface area contributed by atoms with E-state index < -0.39 is 5.78 Å². The Balaban J connectivity index is 2.98. The van der Waals surface area contributed by atoms with E-state index >= 15 is 0 Å². The first kappa shape index (κ1) is 7.47. The van der Waals surface area contributed by atoms with Crippen LogP contribution in [0.2, 0.25) is 0 Å². The van der Waals surface area contributed by atoms with Crippen molar-refractivity contribution in [1.29, 1.82) is 0 Å². The van der Waals surface area contributed by atoms with Gasteiger partial charge in [-0.2, -0.15) is 0 Å². The molecule has 0 saturated heterocycles. The molecule has 0 spiro atoms. The van der Waals surface area contributed by atoms with Gasteiger partial charge >= 0.3 is 0 Å². The molecule has 1 rings (SSSR count). The maximum Gasteiger partial charge on any atom is 0.225 e. The van der Waals surface area contributed by atoms with Gasteiger partial charge in [-0.25, -0.2) is 0 Å². The highest BCUT2D eigenvalue weighted by Gasteiger charge is 2.01. The van der Waals surface area contributed by atoms with Crippen LogP contribution >= 0.6 is 0 Å². The first-order valence-corrected chi connectivity index (χ1v) is 3.09. The van der Waals surface area contributed by atoms with Crippen LogP contribution in [-0.2, 0) is 4.79 Å². The minimum absolute atomic E-state index is 0.283. The summed E-state index contributed by atoms with van der Waals surface area (Å²) in [6, 6.07) is 6.20. The summed E-state index contributed by atoms with van der Waals surface area (Å²) >= 11 is 0. The van der Waals surface area contributed by atoms with Crippen LogP contribution in [0.3, 0.4) is 0 Å². The van der Waals surface area contributed by atoms with E-state index in [9.17, 15) is 9.59 Å². The van der Waals surface area contributed by atoms with Gasteiger partial charge < -0.3 is 5.73 Å². The Morgan fingerprint density at radius 3 is 2.27 bits per heavy atom. The van der Waals surface area contributed by atoms with Crippen molar-refractivity contribution in [2.75, 3.05) is 5.73 Å². The van der Waals surface area contributed by atoms with Gasteiger partial charge in [0.1, 0.15) is 0 Å². The number of anilines is 1. The average Bonchev–Trinajstić information content (AvgIpc) is 2.05. The normalized spacial score (nSPS) is 9.09. The lowest BCUT2D eigenvalue weighted by molar-refractivity contribution is -0.104. The van der Waals surface area contributed by atoms with Crippen LogP contribution in [0.25, 0.3) is 0 Å². The summed E-state index contributed by atoms with van der Waals surface area (Å²) in [4.78, 5) is 20.7. The van der Waals surface area contributed by atoms with E-state index in [0.29, 0.717) is 11.3 Å². The topological polar surface area (TPSA) is 60.2 Å². The lowest BCUT2D eigenvalue weighted by atomic mass is 10.1. The Labute approximate surface area is 63.8 Å². The fourth-order valence-electron chi connectivity index (χ4n) is 0.715. The predicted octanol–water partition coefficient (Wildman–Crippen LogP) is 0.650. The maximum absolute atomic E-state index is 10.7. The fourth-order valence-corrected chi connectivity index (χ4v) is 0.715. The molecule has 3 nitrogen and oxygen atoms in total. The lowest BCUT2D eigenvalue weighted by Crippen LogP contribution is -1.99. The average molecular weight is 149 g/mol. The number of rotatable bonds is 2. The molecule has 0 heterocycles. The molecule has 0 radical (unpaired) electrons. The maximum atomic E-state index is 10.7. The highest BCUT2D eigenvalue weighted by molar-refractivity contribution is 6.33. The molecule has 11 heavy (non-hydrogen) atoms. The van der Waals surface area contributed by atoms with Crippen LogP contribution < -0.4 is 5.73 Å². The Morgan fingerprint density at radius 2 is 1.82 bits per heavy atom. The van der Waals surface area contributed by atoms with Gasteiger partial charge in [0.15, 0.2) is 6.29 Å². The number of Topliss-reactive ketones (excluding diaryl/α,β-unsaturated/α-hetero) is 1. The highest BCUT2D eigenvalue weighted by atomic mass is 16.2. The smallest absolute Gasteiger partial charge is 0.225 e. The Morgan fingerprint density at radius 1 is 1.27 bits per heavy atom. The minimum Gasteiger partial charge on any atom is -0.399 e. The van der Waals surface area contributed by atoms with Crippen molar-refractivity contribution in [3.63, 3.8) is 0 Å². The molecule has 1 aromatic rings. The third kappa shape index (κ3) is 1.64. The van der Waals surface area contributed by atoms with Gasteiger partial charge in [0.05, 0.1) is 0 Å². The zero-order chi connectivity index (χ0) is 8.27. The summed E-state index contributed by atoms with van der Waals surface area (Å²) in [6.45, 7) is 0. The second-order valence-corrected chi connectivity index (χ2v) is 2.10. The number of nitrogen functional groups attached to an aromatic ring is 1. The summed E-state index contributed by atoms with van der Waals surface area (Å²) in [5.74, 6) is -0.523. The molecule has 0 aliphatic rings. The molecule has 0 amide bonds. The molecule has 56 valence electrons. The molecule has 0 bridgehead atoms. The van der Waals surface area contributed by atoms with E-state index in [4.69, 9.17) is 5.73 Å². The van der Waals surface area contributed by atoms with Gasteiger partial charge in [-0.3, -0.25) is 9.59 Å². The SMILES string of the molecule is Nc1ccc(C(=O)C=O)cc1. The number of ketones is 1. The highest BCUT2D eigenvalue weighted by Crippen LogP contribution is 2.04. The molecule has 2 N–H and O–H groups in total. The van der Waals surface area contributed by atoms with Gasteiger partial charge in [0, 0.05) is 11.3 Å². The van der Waals surface area contributed by atoms with Crippen LogP contribution in [0.4, 0.5) is 5.69 Å². The molecule has 0 fully saturated rings. The van der Waals surface area contributed by atoms with Gasteiger partial charge in [0.25, 0.3) is 0 Å². The van der Waals surface area contributed by atoms with Crippen molar-refractivity contribution in [2.45, 2.75) is 0 Å². The number of carbonyl (C=O) groups excluding carboxylic acids is 2. The summed E-state index contributed by atoms with van der Waals surface area (Å²) in [6.07, 6.45) is 0.283. The van der Waals surface area contributed by atoms with Crippen LogP contribution in [0.1, 0.15) is 10.4 Å². The van der Waals surface area contributed by atoms with Crippen molar-refractivity contribution in [2.24, 2.45) is 0 Å². The molecule has 0 aliphatic heterocycles. The number of carbonyl (C=O) groups is 2. The molecular weight excluding hydrogens is 142 g/mol. The van der Waals surface area contributed by atoms with E-state index in [1.165, 1.54) is 12.1 Å². The molecule has 0 atom stereocenters. The summed E-state index contributed by atoms with van der Waals surface area (Å²) < 4.78 is 0. The predicted molar refractivity (Wildman–Crippen MR) is 41.2 cm³/mol. The van der Waals surface area contributed by atoms with Crippen LogP contribution in [0, 0.1) is 0 Å². The summed E-state index contributed by atoms with van der Waals surface area (Å²) in [5, 5.41) is 0. The third-order valence-corrected chi connectivity index (χ3v) is 1.30. The Hall–Kier alpha value is -1.64. The molecular formula is C8H7NO2. The van der Waals surface area contributed by atoms with Gasteiger partial charge in [-0.15, -0.1) is 0 Å². The first-order chi connectivity index (χ1) is 5.24. The molecule has 3 heteroatoms. The van der Waals surface area contributed by atoms with E-state index in [1.807, 2.05) is 0 Å². The standard InChI is InChI=1S/C8H7NO2/c9-7-3-1-6(2-4-7)8(11)5-10/h1-5H,9H2. The van der Waals surface area contributed by atoms with Gasteiger partial charge in [-0.05, 0) is 24.3 Å². The minimum atomic E-state index is -0.523. The number of hydrogen-bond donors (Lipinski definition) is 1. The quantitative estimate of drug-likeness (QED) is 0.290. The summed E-state index contributed by atoms with van der Waals surface area (Å²) in [7, 11) is 0. The van der Waals surface area contributed by atoms with Crippen LogP contribution in [-0.4, -0.2) is 12.1 Å². The fraction of sp³-hybridized carbons (Fsp3) is 0. The Bertz CT molecular complexity index is 277. The number of hydrogen-bond acceptors (Lipinski definition) is 3. The molecule has 0 aliphatic carbocycles. The zero-order valence-corrected chi connectivity index (χ0v) is 5.78. The molecule has 0 unspecified atom stereocenters. The van der Waals surface area contributed by atoms with Crippen LogP contribution in [0.5, 0.6) is 0 Å². The zero-order valence-electron chi connectivity index (χ0n) is 5.78. The molecule has 0 saturated carbocycles. The monoisotopic (exact) mass is 149 g/mol. The van der Waals surface area contributed by atoms with Gasteiger partial charge in [-0.1, -0.05) is 0 Å². The van der Waals surface area contributed by atoms with E-state index in [0.717, 1.165) is 0 Å². The Kier molecular flexibility index (Phi) is 2.01. The molecule has 1 aromatic carbocycles. The van der Waals surface area contributed by atoms with Gasteiger partial charge in [0.2, 0.25) is 5.78 Å². The summed E-state index contributed by atoms with van der Waals surface area (Å²) in [5.41, 5.74) is 6.31. The van der Waals surface area contributed by atoms with Crippen molar-refractivity contribution in [1.82, 2.24) is 0 Å². The third-order valence-electron chi connectivity index (χ3n) is 1.30. The lowest BCUT2D eigenvalue weighted by Gasteiger charge is -1.93. The van der Waals surface area contributed by atoms with E-state index in [2.05, 4.69) is 0 Å². The largest absolute Gasteiger partial charge is 0.399 e. The van der Waals surface area contributed by atoms with Crippen LogP contribution in [0.15, 0.2) is 24.3 Å². The molecule has 0 aromatic heterocycles. The van der Waals surface area contributed by atoms with Crippen molar-refractivity contribution in [3.05, 3.63) is 29.8 Å². The second-order valence-electron chi connectivity index (χ2n) is 2.10. The first-order valence-electron chi connectivity index (χ1n) is 3.09. The van der Waals surface area contributed by atoms with Crippen molar-refractivity contribution in [3.8, 4) is 0 Å². The van der Waals surface area contributed by atoms with E-state index in [1.54, 1.807) is 12.1 Å².